The maximum Gasteiger partial charge on any atom is 0.0666 e. The topological polar surface area (TPSA) is 22.3 Å². The van der Waals surface area contributed by atoms with Crippen molar-refractivity contribution in [2.24, 2.45) is 0 Å². The lowest BCUT2D eigenvalue weighted by Crippen LogP contribution is -1.73. The molecule has 1 nitrogen and oxygen atoms in total. The highest BCUT2D eigenvalue weighted by molar-refractivity contribution is 7.09. The molecule has 0 unspecified atom stereocenters. The van der Waals surface area contributed by atoms with Gasteiger partial charge in [0.15, 0.2) is 0 Å². The molecule has 0 atom stereocenters. The predicted molar refractivity (Wildman–Crippen MR) is 30.2 cm³/mol. The zero-order chi connectivity index (χ0) is 5.11. The number of nitrogens with zero attached hydrogens (tertiary/aromatic N) is 1. The van der Waals surface area contributed by atoms with Crippen molar-refractivity contribution < 1.29 is 0 Å². The molecule has 0 N–H and O–H groups in total. The molecule has 1 aromatic rings. The zero-order valence-electron chi connectivity index (χ0n) is 3.79. The first-order valence-corrected chi connectivity index (χ1v) is 2.94. The quantitative estimate of drug-likeness (QED) is 0.521. The molecular weight excluding hydrogens is 106 g/mol. The summed E-state index contributed by atoms with van der Waals surface area (Å²) in [5.74, 6) is 0. The fraction of sp³-hybridized carbons (Fsp3) is 0.200. The summed E-state index contributed by atoms with van der Waals surface area (Å²) in [6, 6.07) is 3.83. The van der Waals surface area contributed by atoms with Gasteiger partial charge < -0.3 is 0 Å². The summed E-state index contributed by atoms with van der Waals surface area (Å²) < 4.78 is 0. The van der Waals surface area contributed by atoms with Crippen molar-refractivity contribution in [1.29, 1.82) is 0 Å². The van der Waals surface area contributed by atoms with E-state index < -0.39 is 0 Å². The predicted octanol–water partition coefficient (Wildman–Crippen LogP) is 1.32. The van der Waals surface area contributed by atoms with Crippen LogP contribution in [-0.2, 0) is 6.54 Å². The Morgan fingerprint density at radius 3 is 2.86 bits per heavy atom. The molecule has 7 heavy (non-hydrogen) atoms. The van der Waals surface area contributed by atoms with Crippen LogP contribution in [0, 0.1) is 0 Å². The van der Waals surface area contributed by atoms with Gasteiger partial charge in [-0.3, -0.25) is 0 Å². The molecule has 0 bridgehead atoms. The van der Waals surface area contributed by atoms with Crippen molar-refractivity contribution in [3.63, 3.8) is 0 Å². The Morgan fingerprint density at radius 2 is 2.57 bits per heavy atom. The summed E-state index contributed by atoms with van der Waals surface area (Å²) >= 11 is 1.57. The van der Waals surface area contributed by atoms with Gasteiger partial charge in [0, 0.05) is 4.88 Å². The first-order valence-electron chi connectivity index (χ1n) is 2.06. The minimum Gasteiger partial charge on any atom is -0.147 e. The average molecular weight is 111 g/mol. The molecule has 2 heteroatoms. The summed E-state index contributed by atoms with van der Waals surface area (Å²) in [4.78, 5) is 1.03. The fourth-order valence-electron chi connectivity index (χ4n) is 0.403. The fourth-order valence-corrected chi connectivity index (χ4v) is 0.966. The smallest absolute Gasteiger partial charge is 0.0666 e. The van der Waals surface area contributed by atoms with Crippen LogP contribution >= 0.6 is 11.3 Å². The number of hydrogen-bond acceptors (Lipinski definition) is 1. The summed E-state index contributed by atoms with van der Waals surface area (Å²) in [7, 11) is 0. The Bertz CT molecular complexity index is 123. The number of rotatable bonds is 1. The molecule has 36 valence electrons. The van der Waals surface area contributed by atoms with Crippen LogP contribution < -0.4 is 5.73 Å². The lowest BCUT2D eigenvalue weighted by molar-refractivity contribution is 1.06. The van der Waals surface area contributed by atoms with Gasteiger partial charge >= 0.3 is 0 Å². The first-order chi connectivity index (χ1) is 3.43. The highest BCUT2D eigenvalue weighted by Crippen LogP contribution is 2.05. The van der Waals surface area contributed by atoms with E-state index in [1.807, 2.05) is 17.5 Å². The van der Waals surface area contributed by atoms with Crippen molar-refractivity contribution in [2.75, 3.05) is 0 Å². The molecule has 0 spiro atoms. The molecular formula is C5H5NS. The van der Waals surface area contributed by atoms with Crippen molar-refractivity contribution in [3.8, 4) is 0 Å². The summed E-state index contributed by atoms with van der Waals surface area (Å²) in [6.45, 7) is 0.178. The van der Waals surface area contributed by atoms with E-state index in [0.29, 0.717) is 0 Å². The molecule has 1 rings (SSSR count). The van der Waals surface area contributed by atoms with Crippen LogP contribution in [0.4, 0.5) is 0 Å². The van der Waals surface area contributed by atoms with Crippen LogP contribution in [-0.4, -0.2) is 0 Å². The number of thiophene rings is 1. The van der Waals surface area contributed by atoms with E-state index in [1.165, 1.54) is 0 Å². The Kier molecular flexibility index (Phi) is 1.44. The van der Waals surface area contributed by atoms with Crippen molar-refractivity contribution in [2.45, 2.75) is 6.54 Å². The van der Waals surface area contributed by atoms with Gasteiger partial charge in [0.1, 0.15) is 0 Å². The summed E-state index contributed by atoms with van der Waals surface area (Å²) in [5.41, 5.74) is 8.44. The first kappa shape index (κ1) is 4.81. The molecule has 1 aromatic heterocycles. The van der Waals surface area contributed by atoms with Crippen LogP contribution in [0.1, 0.15) is 4.88 Å². The molecule has 2 radical (unpaired) electrons. The minimum atomic E-state index is 0.178. The van der Waals surface area contributed by atoms with Crippen LogP contribution in [0.3, 0.4) is 0 Å². The Balaban J connectivity index is 2.76. The van der Waals surface area contributed by atoms with Crippen LogP contribution in [0.5, 0.6) is 0 Å². The normalized spacial score (nSPS) is 9.29. The van der Waals surface area contributed by atoms with Gasteiger partial charge in [0.2, 0.25) is 0 Å². The Morgan fingerprint density at radius 1 is 1.71 bits per heavy atom. The van der Waals surface area contributed by atoms with E-state index in [2.05, 4.69) is 0 Å². The van der Waals surface area contributed by atoms with E-state index >= 15 is 0 Å². The third kappa shape index (κ3) is 1.01. The third-order valence-electron chi connectivity index (χ3n) is 0.736. The highest BCUT2D eigenvalue weighted by atomic mass is 32.1. The maximum atomic E-state index is 8.44. The van der Waals surface area contributed by atoms with Crippen molar-refractivity contribution in [3.05, 3.63) is 22.4 Å². The largest absolute Gasteiger partial charge is 0.147 e. The van der Waals surface area contributed by atoms with Gasteiger partial charge in [-0.15, -0.1) is 17.1 Å². The standard InChI is InChI=1S/C5H5NS/c6-4-5-2-1-3-7-5/h1-3H,4H2. The Labute approximate surface area is 46.8 Å². The second-order valence-corrected chi connectivity index (χ2v) is 2.27. The van der Waals surface area contributed by atoms with Gasteiger partial charge in [0.05, 0.1) is 6.54 Å². The lowest BCUT2D eigenvalue weighted by atomic mass is 10.5. The SMILES string of the molecule is [N]Cc1cccs1. The van der Waals surface area contributed by atoms with Gasteiger partial charge in [-0.25, -0.2) is 0 Å². The van der Waals surface area contributed by atoms with Crippen LogP contribution in [0.2, 0.25) is 0 Å². The minimum absolute atomic E-state index is 0.178. The third-order valence-corrected chi connectivity index (χ3v) is 1.60. The van der Waals surface area contributed by atoms with E-state index in [4.69, 9.17) is 5.73 Å². The second-order valence-electron chi connectivity index (χ2n) is 1.24. The van der Waals surface area contributed by atoms with Crippen molar-refractivity contribution in [1.82, 2.24) is 5.73 Å². The van der Waals surface area contributed by atoms with E-state index in [1.54, 1.807) is 11.3 Å². The van der Waals surface area contributed by atoms with Gasteiger partial charge in [-0.1, -0.05) is 6.07 Å². The monoisotopic (exact) mass is 111 g/mol. The summed E-state index contributed by atoms with van der Waals surface area (Å²) in [6.07, 6.45) is 0. The van der Waals surface area contributed by atoms with Crippen LogP contribution in [0.25, 0.3) is 0 Å². The van der Waals surface area contributed by atoms with Crippen molar-refractivity contribution >= 4 is 11.3 Å². The van der Waals surface area contributed by atoms with Gasteiger partial charge in [0.25, 0.3) is 0 Å². The van der Waals surface area contributed by atoms with Gasteiger partial charge in [-0.2, -0.15) is 0 Å². The lowest BCUT2D eigenvalue weighted by Gasteiger charge is -1.76. The van der Waals surface area contributed by atoms with E-state index in [0.717, 1.165) is 4.88 Å². The second kappa shape index (κ2) is 2.09. The van der Waals surface area contributed by atoms with Crippen LogP contribution in [0.15, 0.2) is 17.5 Å². The average Bonchev–Trinajstić information content (AvgIpc) is 2.14. The molecule has 0 aromatic carbocycles. The molecule has 0 fully saturated rings. The van der Waals surface area contributed by atoms with Gasteiger partial charge in [-0.05, 0) is 11.4 Å². The van der Waals surface area contributed by atoms with E-state index in [9.17, 15) is 0 Å². The summed E-state index contributed by atoms with van der Waals surface area (Å²) in [5, 5.41) is 1.95. The molecule has 0 aliphatic carbocycles. The highest BCUT2D eigenvalue weighted by Gasteiger charge is 1.84. The zero-order valence-corrected chi connectivity index (χ0v) is 4.61. The number of hydrogen-bond donors (Lipinski definition) is 0. The molecule has 0 saturated heterocycles. The van der Waals surface area contributed by atoms with E-state index in [-0.39, 0.29) is 6.54 Å². The molecule has 1 heterocycles. The maximum absolute atomic E-state index is 8.44. The Hall–Kier alpha value is -0.340. The molecule has 0 aliphatic heterocycles. The molecule has 0 aliphatic rings. The molecule has 0 saturated carbocycles. The molecule has 0 amide bonds.